The molecule has 2 N–H and O–H groups in total. The van der Waals surface area contributed by atoms with Gasteiger partial charge >= 0.3 is 0 Å². The number of hydrogen-bond donors (Lipinski definition) is 2. The molecule has 0 unspecified atom stereocenters. The van der Waals surface area contributed by atoms with Crippen LogP contribution in [-0.2, 0) is 12.8 Å². The zero-order valence-corrected chi connectivity index (χ0v) is 10.00. The molecule has 2 rings (SSSR count). The highest BCUT2D eigenvalue weighted by atomic mass is 16.3. The minimum atomic E-state index is 0.106. The topological polar surface area (TPSA) is 32.3 Å². The smallest absolute Gasteiger partial charge is 0.0448 e. The van der Waals surface area contributed by atoms with Crippen LogP contribution in [0.1, 0.15) is 30.9 Å². The number of aliphatic hydroxyl groups is 1. The second-order valence-corrected chi connectivity index (χ2v) is 4.80. The van der Waals surface area contributed by atoms with E-state index >= 15 is 0 Å². The van der Waals surface area contributed by atoms with Crippen LogP contribution in [0.2, 0.25) is 0 Å². The Morgan fingerprint density at radius 1 is 1.25 bits per heavy atom. The van der Waals surface area contributed by atoms with Crippen molar-refractivity contribution in [1.82, 2.24) is 5.32 Å². The summed E-state index contributed by atoms with van der Waals surface area (Å²) in [7, 11) is 0. The molecule has 0 radical (unpaired) electrons. The van der Waals surface area contributed by atoms with Crippen molar-refractivity contribution in [2.45, 2.75) is 38.1 Å². The Hall–Kier alpha value is -0.860. The van der Waals surface area contributed by atoms with Crippen molar-refractivity contribution in [2.24, 2.45) is 0 Å². The Kier molecular flexibility index (Phi) is 3.62. The number of benzene rings is 1. The summed E-state index contributed by atoms with van der Waals surface area (Å²) in [5.74, 6) is 0. The molecule has 0 heterocycles. The van der Waals surface area contributed by atoms with Gasteiger partial charge in [-0.1, -0.05) is 31.2 Å². The Balaban J connectivity index is 2.13. The first kappa shape index (κ1) is 11.6. The lowest BCUT2D eigenvalue weighted by molar-refractivity contribution is 0.214. The predicted octanol–water partition coefficient (Wildman–Crippen LogP) is 1.91. The standard InChI is InChI=1S/C14H21NO/c1-2-8-15-14(7-9-16)10-12-5-3-4-6-13(12)11-14/h3-6,15-16H,2,7-11H2,1H3. The summed E-state index contributed by atoms with van der Waals surface area (Å²) in [5.41, 5.74) is 2.99. The summed E-state index contributed by atoms with van der Waals surface area (Å²) in [6.07, 6.45) is 4.11. The molecule has 1 aromatic carbocycles. The number of aliphatic hydroxyl groups excluding tert-OH is 1. The van der Waals surface area contributed by atoms with E-state index < -0.39 is 0 Å². The summed E-state index contributed by atoms with van der Waals surface area (Å²) >= 11 is 0. The van der Waals surface area contributed by atoms with Crippen molar-refractivity contribution in [3.8, 4) is 0 Å². The molecule has 0 saturated carbocycles. The van der Waals surface area contributed by atoms with Crippen molar-refractivity contribution in [1.29, 1.82) is 0 Å². The minimum Gasteiger partial charge on any atom is -0.396 e. The lowest BCUT2D eigenvalue weighted by Crippen LogP contribution is -2.47. The maximum Gasteiger partial charge on any atom is 0.0448 e. The van der Waals surface area contributed by atoms with Crippen LogP contribution in [0.4, 0.5) is 0 Å². The second kappa shape index (κ2) is 4.98. The van der Waals surface area contributed by atoms with E-state index in [9.17, 15) is 5.11 Å². The van der Waals surface area contributed by atoms with Crippen molar-refractivity contribution in [2.75, 3.05) is 13.2 Å². The monoisotopic (exact) mass is 219 g/mol. The molecule has 0 saturated heterocycles. The van der Waals surface area contributed by atoms with Crippen LogP contribution >= 0.6 is 0 Å². The summed E-state index contributed by atoms with van der Waals surface area (Å²) in [5, 5.41) is 12.9. The third kappa shape index (κ3) is 2.28. The molecule has 0 aromatic heterocycles. The minimum absolute atomic E-state index is 0.106. The van der Waals surface area contributed by atoms with Crippen LogP contribution in [0.15, 0.2) is 24.3 Å². The van der Waals surface area contributed by atoms with E-state index in [-0.39, 0.29) is 12.1 Å². The normalized spacial score (nSPS) is 17.4. The maximum absolute atomic E-state index is 9.23. The third-order valence-corrected chi connectivity index (χ3v) is 3.52. The lowest BCUT2D eigenvalue weighted by Gasteiger charge is -2.30. The van der Waals surface area contributed by atoms with Crippen molar-refractivity contribution in [3.63, 3.8) is 0 Å². The highest BCUT2D eigenvalue weighted by Crippen LogP contribution is 2.32. The average Bonchev–Trinajstić information content (AvgIpc) is 2.65. The van der Waals surface area contributed by atoms with Gasteiger partial charge in [0, 0.05) is 12.1 Å². The van der Waals surface area contributed by atoms with E-state index in [2.05, 4.69) is 36.5 Å². The Morgan fingerprint density at radius 3 is 2.38 bits per heavy atom. The molecule has 1 aliphatic rings. The van der Waals surface area contributed by atoms with E-state index in [1.807, 2.05) is 0 Å². The summed E-state index contributed by atoms with van der Waals surface area (Å²) in [6.45, 7) is 3.49. The van der Waals surface area contributed by atoms with Crippen LogP contribution < -0.4 is 5.32 Å². The fourth-order valence-electron chi connectivity index (χ4n) is 2.69. The first-order valence-electron chi connectivity index (χ1n) is 6.22. The van der Waals surface area contributed by atoms with Gasteiger partial charge in [-0.2, -0.15) is 0 Å². The Bertz CT molecular complexity index is 323. The fraction of sp³-hybridized carbons (Fsp3) is 0.571. The number of hydrogen-bond acceptors (Lipinski definition) is 2. The summed E-state index contributed by atoms with van der Waals surface area (Å²) in [4.78, 5) is 0. The van der Waals surface area contributed by atoms with E-state index in [1.54, 1.807) is 0 Å². The van der Waals surface area contributed by atoms with E-state index in [0.29, 0.717) is 0 Å². The van der Waals surface area contributed by atoms with Gasteiger partial charge in [0.05, 0.1) is 0 Å². The van der Waals surface area contributed by atoms with Crippen LogP contribution in [0.5, 0.6) is 0 Å². The second-order valence-electron chi connectivity index (χ2n) is 4.80. The highest BCUT2D eigenvalue weighted by Gasteiger charge is 2.35. The number of nitrogens with one attached hydrogen (secondary N) is 1. The SMILES string of the molecule is CCCNC1(CCO)Cc2ccccc2C1. The zero-order valence-electron chi connectivity index (χ0n) is 10.00. The Labute approximate surface area is 97.7 Å². The van der Waals surface area contributed by atoms with Crippen LogP contribution in [0.3, 0.4) is 0 Å². The highest BCUT2D eigenvalue weighted by molar-refractivity contribution is 5.36. The molecule has 1 aromatic rings. The van der Waals surface area contributed by atoms with E-state index in [0.717, 1.165) is 32.2 Å². The zero-order chi connectivity index (χ0) is 11.4. The molecular weight excluding hydrogens is 198 g/mol. The largest absolute Gasteiger partial charge is 0.396 e. The molecule has 88 valence electrons. The molecule has 1 aliphatic carbocycles. The first-order chi connectivity index (χ1) is 7.79. The van der Waals surface area contributed by atoms with Crippen molar-refractivity contribution >= 4 is 0 Å². The average molecular weight is 219 g/mol. The van der Waals surface area contributed by atoms with Crippen molar-refractivity contribution in [3.05, 3.63) is 35.4 Å². The molecule has 2 nitrogen and oxygen atoms in total. The molecular formula is C14H21NO. The molecule has 0 aliphatic heterocycles. The Morgan fingerprint density at radius 2 is 1.88 bits per heavy atom. The molecule has 0 bridgehead atoms. The van der Waals surface area contributed by atoms with E-state index in [1.165, 1.54) is 11.1 Å². The predicted molar refractivity (Wildman–Crippen MR) is 66.6 cm³/mol. The van der Waals surface area contributed by atoms with Gasteiger partial charge in [-0.25, -0.2) is 0 Å². The fourth-order valence-corrected chi connectivity index (χ4v) is 2.69. The van der Waals surface area contributed by atoms with Gasteiger partial charge < -0.3 is 10.4 Å². The molecule has 0 amide bonds. The molecule has 0 atom stereocenters. The third-order valence-electron chi connectivity index (χ3n) is 3.52. The van der Waals surface area contributed by atoms with Crippen molar-refractivity contribution < 1.29 is 5.11 Å². The summed E-state index contributed by atoms with van der Waals surface area (Å²) in [6, 6.07) is 8.63. The van der Waals surface area contributed by atoms with Crippen LogP contribution in [-0.4, -0.2) is 23.8 Å². The molecule has 0 spiro atoms. The van der Waals surface area contributed by atoms with Gasteiger partial charge in [0.2, 0.25) is 0 Å². The van der Waals surface area contributed by atoms with Crippen LogP contribution in [0, 0.1) is 0 Å². The molecule has 2 heteroatoms. The number of fused-ring (bicyclic) bond motifs is 1. The van der Waals surface area contributed by atoms with Gasteiger partial charge in [0.1, 0.15) is 0 Å². The van der Waals surface area contributed by atoms with Gasteiger partial charge in [-0.3, -0.25) is 0 Å². The molecule has 0 fully saturated rings. The first-order valence-corrected chi connectivity index (χ1v) is 6.22. The number of rotatable bonds is 5. The van der Waals surface area contributed by atoms with Gasteiger partial charge in [0.15, 0.2) is 0 Å². The molecule has 16 heavy (non-hydrogen) atoms. The lowest BCUT2D eigenvalue weighted by atomic mass is 9.91. The quantitative estimate of drug-likeness (QED) is 0.793. The van der Waals surface area contributed by atoms with Crippen LogP contribution in [0.25, 0.3) is 0 Å². The van der Waals surface area contributed by atoms with Gasteiger partial charge in [-0.15, -0.1) is 0 Å². The van der Waals surface area contributed by atoms with Gasteiger partial charge in [-0.05, 0) is 43.4 Å². The summed E-state index contributed by atoms with van der Waals surface area (Å²) < 4.78 is 0. The van der Waals surface area contributed by atoms with Gasteiger partial charge in [0.25, 0.3) is 0 Å². The maximum atomic E-state index is 9.23. The van der Waals surface area contributed by atoms with E-state index in [4.69, 9.17) is 0 Å².